The van der Waals surface area contributed by atoms with Crippen LogP contribution in [-0.4, -0.2) is 6.61 Å². The van der Waals surface area contributed by atoms with Crippen LogP contribution in [0, 0.1) is 0 Å². The lowest BCUT2D eigenvalue weighted by atomic mass is 10.1. The zero-order chi connectivity index (χ0) is 8.23. The van der Waals surface area contributed by atoms with Gasteiger partial charge in [0.05, 0.1) is 12.4 Å². The van der Waals surface area contributed by atoms with Gasteiger partial charge >= 0.3 is 0 Å². The van der Waals surface area contributed by atoms with Crippen molar-refractivity contribution in [3.8, 4) is 0 Å². The first kappa shape index (κ1) is 7.41. The van der Waals surface area contributed by atoms with Gasteiger partial charge in [-0.25, -0.2) is 0 Å². The van der Waals surface area contributed by atoms with Gasteiger partial charge in [0, 0.05) is 12.8 Å². The highest BCUT2D eigenvalue weighted by molar-refractivity contribution is 5.20. The van der Waals surface area contributed by atoms with Crippen molar-refractivity contribution in [3.63, 3.8) is 0 Å². The van der Waals surface area contributed by atoms with Gasteiger partial charge in [-0.15, -0.1) is 0 Å². The standard InChI is InChI=1S/C11H12O/c1-2-5-10(6-3-1)9-11-7-4-8-12-11/h1-3,5-7H,4,8-9H2. The maximum absolute atomic E-state index is 5.42. The highest BCUT2D eigenvalue weighted by Gasteiger charge is 2.04. The Kier molecular flexibility index (Phi) is 2.12. The molecule has 0 N–H and O–H groups in total. The van der Waals surface area contributed by atoms with Crippen LogP contribution < -0.4 is 0 Å². The molecule has 0 saturated heterocycles. The molecule has 1 aromatic rings. The number of hydrogen-bond acceptors (Lipinski definition) is 1. The maximum atomic E-state index is 5.42. The molecule has 0 aromatic heterocycles. The van der Waals surface area contributed by atoms with Gasteiger partial charge in [-0.2, -0.15) is 0 Å². The molecule has 1 nitrogen and oxygen atoms in total. The Balaban J connectivity index is 2.04. The molecule has 0 atom stereocenters. The van der Waals surface area contributed by atoms with E-state index in [2.05, 4.69) is 30.3 Å². The molecule has 0 bridgehead atoms. The topological polar surface area (TPSA) is 9.23 Å². The predicted octanol–water partition coefficient (Wildman–Crippen LogP) is 2.53. The molecule has 0 fully saturated rings. The summed E-state index contributed by atoms with van der Waals surface area (Å²) in [6.45, 7) is 0.863. The Hall–Kier alpha value is -1.24. The fourth-order valence-electron chi connectivity index (χ4n) is 1.39. The Morgan fingerprint density at radius 3 is 2.67 bits per heavy atom. The minimum atomic E-state index is 0.863. The van der Waals surface area contributed by atoms with E-state index in [0.717, 1.165) is 25.2 Å². The summed E-state index contributed by atoms with van der Waals surface area (Å²) in [4.78, 5) is 0. The number of allylic oxidation sites excluding steroid dienone is 1. The third-order valence-electron chi connectivity index (χ3n) is 2.00. The van der Waals surface area contributed by atoms with E-state index in [1.165, 1.54) is 5.56 Å². The van der Waals surface area contributed by atoms with Gasteiger partial charge in [0.2, 0.25) is 0 Å². The highest BCUT2D eigenvalue weighted by Crippen LogP contribution is 2.14. The molecule has 1 aliphatic heterocycles. The molecule has 0 radical (unpaired) electrons. The molecule has 0 saturated carbocycles. The van der Waals surface area contributed by atoms with Gasteiger partial charge in [0.25, 0.3) is 0 Å². The zero-order valence-electron chi connectivity index (χ0n) is 6.99. The molecular weight excluding hydrogens is 148 g/mol. The third kappa shape index (κ3) is 1.67. The average Bonchev–Trinajstić information content (AvgIpc) is 2.59. The van der Waals surface area contributed by atoms with Gasteiger partial charge in [0.1, 0.15) is 0 Å². The van der Waals surface area contributed by atoms with Crippen molar-refractivity contribution in [1.29, 1.82) is 0 Å². The summed E-state index contributed by atoms with van der Waals surface area (Å²) in [6.07, 6.45) is 4.19. The fourth-order valence-corrected chi connectivity index (χ4v) is 1.39. The molecule has 62 valence electrons. The van der Waals surface area contributed by atoms with Crippen molar-refractivity contribution in [3.05, 3.63) is 47.7 Å². The van der Waals surface area contributed by atoms with Crippen molar-refractivity contribution in [2.75, 3.05) is 6.61 Å². The monoisotopic (exact) mass is 160 g/mol. The van der Waals surface area contributed by atoms with Gasteiger partial charge < -0.3 is 4.74 Å². The van der Waals surface area contributed by atoms with Crippen LogP contribution in [0.25, 0.3) is 0 Å². The van der Waals surface area contributed by atoms with Crippen LogP contribution in [0.3, 0.4) is 0 Å². The zero-order valence-corrected chi connectivity index (χ0v) is 6.99. The Bertz CT molecular complexity index is 274. The van der Waals surface area contributed by atoms with Gasteiger partial charge in [0.15, 0.2) is 0 Å². The number of rotatable bonds is 2. The Morgan fingerprint density at radius 1 is 1.17 bits per heavy atom. The highest BCUT2D eigenvalue weighted by atomic mass is 16.5. The molecule has 1 aromatic carbocycles. The summed E-state index contributed by atoms with van der Waals surface area (Å²) in [6, 6.07) is 10.4. The van der Waals surface area contributed by atoms with E-state index < -0.39 is 0 Å². The third-order valence-corrected chi connectivity index (χ3v) is 2.00. The second-order valence-corrected chi connectivity index (χ2v) is 2.97. The predicted molar refractivity (Wildman–Crippen MR) is 48.8 cm³/mol. The average molecular weight is 160 g/mol. The van der Waals surface area contributed by atoms with Crippen LogP contribution in [0.5, 0.6) is 0 Å². The van der Waals surface area contributed by atoms with Crippen molar-refractivity contribution < 1.29 is 4.74 Å². The minimum Gasteiger partial charge on any atom is -0.498 e. The lowest BCUT2D eigenvalue weighted by molar-refractivity contribution is 0.239. The molecule has 0 amide bonds. The molecule has 2 rings (SSSR count). The first-order valence-electron chi connectivity index (χ1n) is 4.31. The van der Waals surface area contributed by atoms with E-state index in [1.54, 1.807) is 0 Å². The van der Waals surface area contributed by atoms with Crippen LogP contribution in [0.15, 0.2) is 42.2 Å². The minimum absolute atomic E-state index is 0.863. The van der Waals surface area contributed by atoms with E-state index >= 15 is 0 Å². The SMILES string of the molecule is C1=C(Cc2ccccc2)OCC1. The van der Waals surface area contributed by atoms with E-state index in [-0.39, 0.29) is 0 Å². The fraction of sp³-hybridized carbons (Fsp3) is 0.273. The van der Waals surface area contributed by atoms with E-state index in [1.807, 2.05) is 6.07 Å². The number of benzene rings is 1. The van der Waals surface area contributed by atoms with Crippen molar-refractivity contribution in [1.82, 2.24) is 0 Å². The Morgan fingerprint density at radius 2 is 2.00 bits per heavy atom. The molecule has 0 unspecified atom stereocenters. The normalized spacial score (nSPS) is 15.5. The second kappa shape index (κ2) is 3.44. The smallest absolute Gasteiger partial charge is 0.0965 e. The van der Waals surface area contributed by atoms with Crippen molar-refractivity contribution >= 4 is 0 Å². The molecule has 0 aliphatic carbocycles. The maximum Gasteiger partial charge on any atom is 0.0965 e. The van der Waals surface area contributed by atoms with Crippen LogP contribution in [0.1, 0.15) is 12.0 Å². The van der Waals surface area contributed by atoms with Gasteiger partial charge in [-0.1, -0.05) is 30.3 Å². The largest absolute Gasteiger partial charge is 0.498 e. The molecule has 12 heavy (non-hydrogen) atoms. The first-order chi connectivity index (χ1) is 5.95. The summed E-state index contributed by atoms with van der Waals surface area (Å²) in [5.74, 6) is 1.13. The Labute approximate surface area is 72.7 Å². The lowest BCUT2D eigenvalue weighted by Gasteiger charge is -2.02. The summed E-state index contributed by atoms with van der Waals surface area (Å²) in [7, 11) is 0. The lowest BCUT2D eigenvalue weighted by Crippen LogP contribution is -1.90. The van der Waals surface area contributed by atoms with E-state index in [4.69, 9.17) is 4.74 Å². The summed E-state index contributed by atoms with van der Waals surface area (Å²) >= 11 is 0. The quantitative estimate of drug-likeness (QED) is 0.646. The van der Waals surface area contributed by atoms with E-state index in [0.29, 0.717) is 0 Å². The number of ether oxygens (including phenoxy) is 1. The molecular formula is C11H12O. The van der Waals surface area contributed by atoms with Gasteiger partial charge in [-0.3, -0.25) is 0 Å². The molecule has 0 spiro atoms. The van der Waals surface area contributed by atoms with Crippen LogP contribution >= 0.6 is 0 Å². The van der Waals surface area contributed by atoms with Crippen LogP contribution in [0.4, 0.5) is 0 Å². The van der Waals surface area contributed by atoms with Crippen LogP contribution in [-0.2, 0) is 11.2 Å². The van der Waals surface area contributed by atoms with E-state index in [9.17, 15) is 0 Å². The summed E-state index contributed by atoms with van der Waals surface area (Å²) < 4.78 is 5.42. The second-order valence-electron chi connectivity index (χ2n) is 2.97. The van der Waals surface area contributed by atoms with Gasteiger partial charge in [-0.05, 0) is 11.6 Å². The molecule has 1 heterocycles. The summed E-state index contributed by atoms with van der Waals surface area (Å²) in [5.41, 5.74) is 1.32. The summed E-state index contributed by atoms with van der Waals surface area (Å²) in [5, 5.41) is 0. The molecule has 1 aliphatic rings. The van der Waals surface area contributed by atoms with Crippen molar-refractivity contribution in [2.45, 2.75) is 12.8 Å². The number of hydrogen-bond donors (Lipinski definition) is 0. The van der Waals surface area contributed by atoms with Crippen molar-refractivity contribution in [2.24, 2.45) is 0 Å². The van der Waals surface area contributed by atoms with Crippen LogP contribution in [0.2, 0.25) is 0 Å². The molecule has 1 heteroatoms. The first-order valence-corrected chi connectivity index (χ1v) is 4.31.